The first-order chi connectivity index (χ1) is 18.0. The fraction of sp³-hybridized carbons (Fsp3) is 0.344. The van der Waals surface area contributed by atoms with Gasteiger partial charge in [0.1, 0.15) is 17.4 Å². The highest BCUT2D eigenvalue weighted by Gasteiger charge is 2.22. The van der Waals surface area contributed by atoms with Crippen LogP contribution in [-0.2, 0) is 19.6 Å². The summed E-state index contributed by atoms with van der Waals surface area (Å²) in [7, 11) is 0. The van der Waals surface area contributed by atoms with Gasteiger partial charge >= 0.3 is 0 Å². The number of aromatic nitrogens is 2. The Hall–Kier alpha value is -3.44. The molecule has 1 aromatic heterocycles. The zero-order valence-electron chi connectivity index (χ0n) is 22.3. The fourth-order valence-corrected chi connectivity index (χ4v) is 4.75. The third-order valence-corrected chi connectivity index (χ3v) is 6.87. The number of hydrogen-bond donors (Lipinski definition) is 1. The highest BCUT2D eigenvalue weighted by atomic mass is 19.1. The van der Waals surface area contributed by atoms with Gasteiger partial charge in [0.05, 0.1) is 11.4 Å². The van der Waals surface area contributed by atoms with Gasteiger partial charge < -0.3 is 9.67 Å². The molecule has 3 aromatic carbocycles. The van der Waals surface area contributed by atoms with Gasteiger partial charge in [-0.15, -0.1) is 0 Å². The van der Waals surface area contributed by atoms with E-state index in [9.17, 15) is 9.50 Å². The predicted octanol–water partition coefficient (Wildman–Crippen LogP) is 7.97. The molecule has 0 amide bonds. The maximum atomic E-state index is 13.8. The van der Waals surface area contributed by atoms with Crippen LogP contribution in [0.2, 0.25) is 0 Å². The number of para-hydroxylation sites is 1. The molecule has 0 saturated heterocycles. The molecule has 194 valence electrons. The highest BCUT2D eigenvalue weighted by Crippen LogP contribution is 2.32. The van der Waals surface area contributed by atoms with Gasteiger partial charge in [0, 0.05) is 36.3 Å². The summed E-state index contributed by atoms with van der Waals surface area (Å²) in [5.74, 6) is 1.06. The molecule has 37 heavy (non-hydrogen) atoms. The lowest BCUT2D eigenvalue weighted by Crippen LogP contribution is -2.26. The first-order valence-electron chi connectivity index (χ1n) is 13.4. The normalized spacial score (nSPS) is 11.4. The van der Waals surface area contributed by atoms with Crippen molar-refractivity contribution in [2.24, 2.45) is 0 Å². The highest BCUT2D eigenvalue weighted by molar-refractivity contribution is 5.68. The maximum Gasteiger partial charge on any atom is 0.140 e. The molecular weight excluding hydrogens is 461 g/mol. The minimum Gasteiger partial charge on any atom is -0.507 e. The Morgan fingerprint density at radius 2 is 1.57 bits per heavy atom. The Kier molecular flexibility index (Phi) is 9.13. The maximum absolute atomic E-state index is 13.8. The zero-order valence-corrected chi connectivity index (χ0v) is 22.3. The predicted molar refractivity (Wildman–Crippen MR) is 150 cm³/mol. The van der Waals surface area contributed by atoms with Crippen LogP contribution in [0.3, 0.4) is 0 Å². The first kappa shape index (κ1) is 26.6. The van der Waals surface area contributed by atoms with E-state index in [0.717, 1.165) is 78.2 Å². The van der Waals surface area contributed by atoms with E-state index in [1.165, 1.54) is 12.1 Å². The number of phenols is 1. The van der Waals surface area contributed by atoms with Crippen molar-refractivity contribution < 1.29 is 9.50 Å². The molecule has 5 heteroatoms. The number of phenolic OH excluding ortho intramolecular Hbond substituents is 1. The third-order valence-electron chi connectivity index (χ3n) is 6.87. The third kappa shape index (κ3) is 6.47. The molecule has 0 aliphatic heterocycles. The number of imidazole rings is 1. The van der Waals surface area contributed by atoms with E-state index in [2.05, 4.69) is 35.4 Å². The lowest BCUT2D eigenvalue weighted by atomic mass is 10.1. The van der Waals surface area contributed by atoms with E-state index in [0.29, 0.717) is 18.8 Å². The topological polar surface area (TPSA) is 41.3 Å². The summed E-state index contributed by atoms with van der Waals surface area (Å²) in [5.41, 5.74) is 5.83. The van der Waals surface area contributed by atoms with Crippen molar-refractivity contribution in [1.82, 2.24) is 14.5 Å². The number of aromatic hydroxyl groups is 1. The minimum atomic E-state index is -0.251. The minimum absolute atomic E-state index is 0.251. The van der Waals surface area contributed by atoms with E-state index in [1.807, 2.05) is 55.5 Å². The second kappa shape index (κ2) is 12.7. The van der Waals surface area contributed by atoms with E-state index >= 15 is 0 Å². The quantitative estimate of drug-likeness (QED) is 0.215. The molecule has 1 heterocycles. The van der Waals surface area contributed by atoms with Crippen molar-refractivity contribution in [3.8, 4) is 28.4 Å². The largest absolute Gasteiger partial charge is 0.507 e. The molecule has 0 bridgehead atoms. The molecule has 0 unspecified atom stereocenters. The summed E-state index contributed by atoms with van der Waals surface area (Å²) in [5, 5.41) is 10.7. The van der Waals surface area contributed by atoms with Crippen LogP contribution in [-0.4, -0.2) is 26.1 Å². The summed E-state index contributed by atoms with van der Waals surface area (Å²) in [6, 6.07) is 22.9. The van der Waals surface area contributed by atoms with E-state index in [4.69, 9.17) is 4.98 Å². The summed E-state index contributed by atoms with van der Waals surface area (Å²) in [4.78, 5) is 7.57. The number of rotatable bonds is 12. The van der Waals surface area contributed by atoms with Crippen molar-refractivity contribution >= 4 is 0 Å². The van der Waals surface area contributed by atoms with E-state index < -0.39 is 0 Å². The van der Waals surface area contributed by atoms with Crippen molar-refractivity contribution in [3.63, 3.8) is 0 Å². The molecule has 0 atom stereocenters. The summed E-state index contributed by atoms with van der Waals surface area (Å²) < 4.78 is 16.2. The average molecular weight is 500 g/mol. The summed E-state index contributed by atoms with van der Waals surface area (Å²) >= 11 is 0. The average Bonchev–Trinajstić information content (AvgIpc) is 3.27. The summed E-state index contributed by atoms with van der Waals surface area (Å²) in [6.45, 7) is 9.44. The van der Waals surface area contributed by atoms with Crippen LogP contribution < -0.4 is 0 Å². The molecule has 0 aliphatic carbocycles. The van der Waals surface area contributed by atoms with Gasteiger partial charge in [-0.1, -0.05) is 75.2 Å². The van der Waals surface area contributed by atoms with Crippen molar-refractivity contribution in [3.05, 3.63) is 95.4 Å². The number of halogens is 1. The Morgan fingerprint density at radius 1 is 0.838 bits per heavy atom. The Balaban J connectivity index is 1.82. The SMILES string of the molecule is CCCCN(Cc1cccc(C)c1O)Cc1c(-c2ccc(F)cc2)nc(-c2ccccc2)n1CCCC. The summed E-state index contributed by atoms with van der Waals surface area (Å²) in [6.07, 6.45) is 4.27. The van der Waals surface area contributed by atoms with Gasteiger partial charge in [-0.2, -0.15) is 0 Å². The fourth-order valence-electron chi connectivity index (χ4n) is 4.75. The first-order valence-corrected chi connectivity index (χ1v) is 13.4. The zero-order chi connectivity index (χ0) is 26.2. The molecule has 0 fully saturated rings. The second-order valence-corrected chi connectivity index (χ2v) is 9.76. The Bertz CT molecular complexity index is 1280. The lowest BCUT2D eigenvalue weighted by molar-refractivity contribution is 0.243. The van der Waals surface area contributed by atoms with Crippen LogP contribution in [0.25, 0.3) is 22.6 Å². The smallest absolute Gasteiger partial charge is 0.140 e. The molecular formula is C32H38FN3O. The van der Waals surface area contributed by atoms with Crippen LogP contribution >= 0.6 is 0 Å². The molecule has 0 aliphatic rings. The van der Waals surface area contributed by atoms with Gasteiger partial charge in [0.25, 0.3) is 0 Å². The van der Waals surface area contributed by atoms with Crippen LogP contribution in [0.4, 0.5) is 4.39 Å². The van der Waals surface area contributed by atoms with Crippen LogP contribution in [0.1, 0.15) is 56.4 Å². The number of aryl methyl sites for hydroxylation is 1. The van der Waals surface area contributed by atoms with Crippen LogP contribution in [0, 0.1) is 12.7 Å². The molecule has 0 radical (unpaired) electrons. The van der Waals surface area contributed by atoms with Crippen LogP contribution in [0.15, 0.2) is 72.8 Å². The monoisotopic (exact) mass is 499 g/mol. The Labute approximate surface area is 220 Å². The molecule has 0 saturated carbocycles. The standard InChI is InChI=1S/C32H38FN3O/c1-4-6-20-35(22-27-15-11-12-24(3)31(27)37)23-29-30(25-16-18-28(33)19-17-25)34-32(36(29)21-7-5-2)26-13-9-8-10-14-26/h8-19,37H,4-7,20-23H2,1-3H3. The lowest BCUT2D eigenvalue weighted by Gasteiger charge is -2.25. The molecule has 1 N–H and O–H groups in total. The van der Waals surface area contributed by atoms with Crippen LogP contribution in [0.5, 0.6) is 5.75 Å². The molecule has 0 spiro atoms. The number of nitrogens with zero attached hydrogens (tertiary/aromatic N) is 3. The molecule has 4 rings (SSSR count). The van der Waals surface area contributed by atoms with Crippen molar-refractivity contribution in [2.75, 3.05) is 6.54 Å². The molecule has 4 aromatic rings. The number of hydrogen-bond acceptors (Lipinski definition) is 3. The van der Waals surface area contributed by atoms with Gasteiger partial charge in [0.2, 0.25) is 0 Å². The van der Waals surface area contributed by atoms with Gasteiger partial charge in [-0.05, 0) is 56.1 Å². The number of benzene rings is 3. The van der Waals surface area contributed by atoms with Crippen molar-refractivity contribution in [1.29, 1.82) is 0 Å². The number of unbranched alkanes of at least 4 members (excludes halogenated alkanes) is 2. The Morgan fingerprint density at radius 3 is 2.27 bits per heavy atom. The second-order valence-electron chi connectivity index (χ2n) is 9.76. The van der Waals surface area contributed by atoms with Crippen molar-refractivity contribution in [2.45, 2.75) is 66.1 Å². The van der Waals surface area contributed by atoms with E-state index in [1.54, 1.807) is 0 Å². The van der Waals surface area contributed by atoms with E-state index in [-0.39, 0.29) is 5.82 Å². The van der Waals surface area contributed by atoms with Gasteiger partial charge in [-0.3, -0.25) is 4.90 Å². The van der Waals surface area contributed by atoms with Gasteiger partial charge in [0.15, 0.2) is 0 Å². The molecule has 4 nitrogen and oxygen atoms in total. The van der Waals surface area contributed by atoms with Gasteiger partial charge in [-0.25, -0.2) is 9.37 Å².